The van der Waals surface area contributed by atoms with Crippen molar-refractivity contribution in [2.24, 2.45) is 5.92 Å². The van der Waals surface area contributed by atoms with E-state index in [0.29, 0.717) is 41.7 Å². The van der Waals surface area contributed by atoms with Crippen molar-refractivity contribution >= 4 is 27.5 Å². The molecule has 1 heterocycles. The average Bonchev–Trinajstić information content (AvgIpc) is 2.82. The number of halogens is 1. The number of ether oxygens (including phenoxy) is 3. The smallest absolute Gasteiger partial charge is 0.243 e. The first kappa shape index (κ1) is 24.2. The first-order valence-electron chi connectivity index (χ1n) is 10.1. The predicted molar refractivity (Wildman–Crippen MR) is 121 cm³/mol. The zero-order chi connectivity index (χ0) is 23.3. The lowest BCUT2D eigenvalue weighted by molar-refractivity contribution is -0.126. The van der Waals surface area contributed by atoms with E-state index in [9.17, 15) is 13.2 Å². The van der Waals surface area contributed by atoms with Crippen LogP contribution in [0.2, 0.25) is 5.02 Å². The van der Waals surface area contributed by atoms with Crippen LogP contribution in [-0.2, 0) is 21.4 Å². The Labute approximate surface area is 193 Å². The standard InChI is InChI=1S/C22H27ClN2O6S/c1-29-19-12-15(13-20(30-2)21(19)31-3)14-24-22(26)16-8-10-25(11-9-16)32(27,28)18-6-4-17(23)5-7-18/h4-7,12-13,16H,8-11,14H2,1-3H3,(H,24,26). The van der Waals surface area contributed by atoms with E-state index >= 15 is 0 Å². The summed E-state index contributed by atoms with van der Waals surface area (Å²) >= 11 is 5.85. The summed E-state index contributed by atoms with van der Waals surface area (Å²) in [6.07, 6.45) is 0.905. The lowest BCUT2D eigenvalue weighted by atomic mass is 9.97. The molecule has 1 N–H and O–H groups in total. The van der Waals surface area contributed by atoms with Gasteiger partial charge in [-0.1, -0.05) is 11.6 Å². The van der Waals surface area contributed by atoms with Crippen molar-refractivity contribution in [3.63, 3.8) is 0 Å². The van der Waals surface area contributed by atoms with Gasteiger partial charge in [-0.15, -0.1) is 0 Å². The van der Waals surface area contributed by atoms with Crippen molar-refractivity contribution in [2.75, 3.05) is 34.4 Å². The van der Waals surface area contributed by atoms with E-state index in [1.807, 2.05) is 0 Å². The highest BCUT2D eigenvalue weighted by Crippen LogP contribution is 2.38. The number of hydrogen-bond acceptors (Lipinski definition) is 6. The van der Waals surface area contributed by atoms with Gasteiger partial charge in [0.2, 0.25) is 21.7 Å². The number of carbonyl (C=O) groups is 1. The Morgan fingerprint density at radius 2 is 1.59 bits per heavy atom. The minimum Gasteiger partial charge on any atom is -0.493 e. The van der Waals surface area contributed by atoms with Crippen LogP contribution in [0.15, 0.2) is 41.3 Å². The van der Waals surface area contributed by atoms with Crippen LogP contribution in [0.1, 0.15) is 18.4 Å². The van der Waals surface area contributed by atoms with Gasteiger partial charge >= 0.3 is 0 Å². The van der Waals surface area contributed by atoms with Gasteiger partial charge in [0, 0.05) is 30.6 Å². The van der Waals surface area contributed by atoms with Crippen LogP contribution in [0.5, 0.6) is 17.2 Å². The van der Waals surface area contributed by atoms with Crippen LogP contribution in [0.3, 0.4) is 0 Å². The molecule has 0 aliphatic carbocycles. The molecule has 10 heteroatoms. The van der Waals surface area contributed by atoms with Crippen molar-refractivity contribution in [1.29, 1.82) is 0 Å². The topological polar surface area (TPSA) is 94.2 Å². The molecule has 1 amide bonds. The zero-order valence-electron chi connectivity index (χ0n) is 18.3. The van der Waals surface area contributed by atoms with Gasteiger partial charge in [-0.2, -0.15) is 4.31 Å². The summed E-state index contributed by atoms with van der Waals surface area (Å²) < 4.78 is 43.0. The monoisotopic (exact) mass is 482 g/mol. The van der Waals surface area contributed by atoms with Gasteiger partial charge in [-0.25, -0.2) is 8.42 Å². The molecule has 1 aliphatic heterocycles. The second-order valence-corrected chi connectivity index (χ2v) is 9.76. The highest BCUT2D eigenvalue weighted by Gasteiger charge is 2.32. The molecule has 0 atom stereocenters. The highest BCUT2D eigenvalue weighted by molar-refractivity contribution is 7.89. The Morgan fingerprint density at radius 1 is 1.03 bits per heavy atom. The van der Waals surface area contributed by atoms with Crippen LogP contribution in [0.4, 0.5) is 0 Å². The second-order valence-electron chi connectivity index (χ2n) is 7.38. The summed E-state index contributed by atoms with van der Waals surface area (Å²) in [6, 6.07) is 9.66. The molecule has 0 aromatic heterocycles. The third kappa shape index (κ3) is 5.28. The number of rotatable bonds is 8. The molecule has 0 spiro atoms. The van der Waals surface area contributed by atoms with Crippen molar-refractivity contribution in [3.05, 3.63) is 47.0 Å². The maximum atomic E-state index is 12.8. The minimum absolute atomic E-state index is 0.109. The van der Waals surface area contributed by atoms with Gasteiger partial charge in [-0.3, -0.25) is 4.79 Å². The van der Waals surface area contributed by atoms with E-state index in [1.165, 1.54) is 37.8 Å². The molecule has 1 fully saturated rings. The molecule has 1 saturated heterocycles. The maximum Gasteiger partial charge on any atom is 0.243 e. The summed E-state index contributed by atoms with van der Waals surface area (Å²) in [6.45, 7) is 0.860. The Bertz CT molecular complexity index is 1030. The van der Waals surface area contributed by atoms with Crippen LogP contribution in [0, 0.1) is 5.92 Å². The fourth-order valence-electron chi connectivity index (χ4n) is 3.68. The Morgan fingerprint density at radius 3 is 2.09 bits per heavy atom. The van der Waals surface area contributed by atoms with Crippen LogP contribution < -0.4 is 19.5 Å². The number of carbonyl (C=O) groups excluding carboxylic acids is 1. The number of methoxy groups -OCH3 is 3. The molecule has 2 aromatic rings. The highest BCUT2D eigenvalue weighted by atomic mass is 35.5. The van der Waals surface area contributed by atoms with Crippen molar-refractivity contribution in [3.8, 4) is 17.2 Å². The molecule has 8 nitrogen and oxygen atoms in total. The van der Waals surface area contributed by atoms with Crippen molar-refractivity contribution < 1.29 is 27.4 Å². The third-order valence-electron chi connectivity index (χ3n) is 5.47. The average molecular weight is 483 g/mol. The minimum atomic E-state index is -3.60. The predicted octanol–water partition coefficient (Wildman–Crippen LogP) is 3.08. The second kappa shape index (κ2) is 10.4. The van der Waals surface area contributed by atoms with Crippen LogP contribution in [0.25, 0.3) is 0 Å². The van der Waals surface area contributed by atoms with E-state index in [-0.39, 0.29) is 29.8 Å². The number of amides is 1. The Kier molecular flexibility index (Phi) is 7.86. The molecule has 174 valence electrons. The van der Waals surface area contributed by atoms with Gasteiger partial charge in [0.05, 0.1) is 26.2 Å². The number of hydrogen-bond donors (Lipinski definition) is 1. The summed E-state index contributed by atoms with van der Waals surface area (Å²) in [5, 5.41) is 3.40. The number of nitrogens with one attached hydrogen (secondary N) is 1. The molecule has 0 bridgehead atoms. The first-order chi connectivity index (χ1) is 15.3. The van der Waals surface area contributed by atoms with Gasteiger partial charge in [0.1, 0.15) is 0 Å². The molecule has 0 radical (unpaired) electrons. The van der Waals surface area contributed by atoms with Crippen molar-refractivity contribution in [1.82, 2.24) is 9.62 Å². The summed E-state index contributed by atoms with van der Waals surface area (Å²) in [5.74, 6) is 1.14. The number of piperidine rings is 1. The van der Waals surface area contributed by atoms with E-state index in [2.05, 4.69) is 5.32 Å². The van der Waals surface area contributed by atoms with Crippen molar-refractivity contribution in [2.45, 2.75) is 24.3 Å². The molecule has 2 aromatic carbocycles. The maximum absolute atomic E-state index is 12.8. The van der Waals surface area contributed by atoms with Crippen LogP contribution in [-0.4, -0.2) is 53.0 Å². The molecule has 1 aliphatic rings. The first-order valence-corrected chi connectivity index (χ1v) is 11.9. The van der Waals surface area contributed by atoms with Gasteiger partial charge in [0.15, 0.2) is 11.5 Å². The molecule has 0 unspecified atom stereocenters. The van der Waals surface area contributed by atoms with Gasteiger partial charge in [-0.05, 0) is 54.8 Å². The van der Waals surface area contributed by atoms with E-state index in [4.69, 9.17) is 25.8 Å². The molecule has 32 heavy (non-hydrogen) atoms. The number of sulfonamides is 1. The fourth-order valence-corrected chi connectivity index (χ4v) is 5.28. The number of benzene rings is 2. The SMILES string of the molecule is COc1cc(CNC(=O)C2CCN(S(=O)(=O)c3ccc(Cl)cc3)CC2)cc(OC)c1OC. The number of nitrogens with zero attached hydrogens (tertiary/aromatic N) is 1. The Balaban J connectivity index is 1.59. The summed E-state index contributed by atoms with van der Waals surface area (Å²) in [7, 11) is 0.994. The Hall–Kier alpha value is -2.49. The fraction of sp³-hybridized carbons (Fsp3) is 0.409. The van der Waals surface area contributed by atoms with Gasteiger partial charge in [0.25, 0.3) is 0 Å². The normalized spacial score (nSPS) is 15.2. The summed E-state index contributed by atoms with van der Waals surface area (Å²) in [5.41, 5.74) is 0.801. The third-order valence-corrected chi connectivity index (χ3v) is 7.63. The van der Waals surface area contributed by atoms with Crippen LogP contribution >= 0.6 is 11.6 Å². The molecular formula is C22H27ClN2O6S. The lowest BCUT2D eigenvalue weighted by Gasteiger charge is -2.30. The van der Waals surface area contributed by atoms with E-state index in [1.54, 1.807) is 24.3 Å². The molecule has 3 rings (SSSR count). The molecule has 0 saturated carbocycles. The van der Waals surface area contributed by atoms with Gasteiger partial charge < -0.3 is 19.5 Å². The zero-order valence-corrected chi connectivity index (χ0v) is 19.8. The quantitative estimate of drug-likeness (QED) is 0.621. The lowest BCUT2D eigenvalue weighted by Crippen LogP contribution is -2.42. The van der Waals surface area contributed by atoms with E-state index < -0.39 is 10.0 Å². The molecular weight excluding hydrogens is 456 g/mol. The van der Waals surface area contributed by atoms with E-state index in [0.717, 1.165) is 5.56 Å². The summed E-state index contributed by atoms with van der Waals surface area (Å²) in [4.78, 5) is 12.9. The largest absolute Gasteiger partial charge is 0.493 e.